The van der Waals surface area contributed by atoms with Crippen LogP contribution in [0, 0.1) is 0 Å². The van der Waals surface area contributed by atoms with Crippen LogP contribution in [0.15, 0.2) is 48.0 Å². The van der Waals surface area contributed by atoms with Crippen molar-refractivity contribution >= 4 is 46.9 Å². The molecule has 0 radical (unpaired) electrons. The number of ether oxygens (including phenoxy) is 2. The summed E-state index contributed by atoms with van der Waals surface area (Å²) in [5.41, 5.74) is 1.94. The van der Waals surface area contributed by atoms with Gasteiger partial charge in [-0.3, -0.25) is 19.8 Å². The fourth-order valence-corrected chi connectivity index (χ4v) is 3.57. The number of nitrogens with one attached hydrogen (secondary N) is 1. The third kappa shape index (κ3) is 5.20. The van der Waals surface area contributed by atoms with E-state index >= 15 is 0 Å². The minimum Gasteiger partial charge on any atom is -0.490 e. The van der Waals surface area contributed by atoms with Gasteiger partial charge in [-0.05, 0) is 67.9 Å². The van der Waals surface area contributed by atoms with Gasteiger partial charge in [0.1, 0.15) is 5.57 Å². The maximum atomic E-state index is 13.3. The number of aliphatic carboxylic acids is 1. The number of nitrogens with zero attached hydrogens (tertiary/aromatic N) is 1. The van der Waals surface area contributed by atoms with Crippen molar-refractivity contribution in [1.82, 2.24) is 5.32 Å². The molecule has 1 aliphatic heterocycles. The van der Waals surface area contributed by atoms with Crippen LogP contribution in [0.25, 0.3) is 6.08 Å². The normalized spacial score (nSPS) is 15.9. The summed E-state index contributed by atoms with van der Waals surface area (Å²) in [6.07, 6.45) is 1.05. The number of hydrogen-bond acceptors (Lipinski definition) is 6. The number of aryl methyl sites for hydroxylation is 1. The standard InChI is InChI=1S/C24H24N2O6S/c1-4-16-8-6-7-9-18(16)26-22(28)17(21(27)25-24(26)33)12-15-10-11-19(20(13-15)31-5-2)32-14(3)23(29)30/h6-14H,4-5H2,1-3H3,(H,29,30)(H,25,27,33)/b17-12+/t14-/m0/s1. The van der Waals surface area contributed by atoms with Gasteiger partial charge in [-0.15, -0.1) is 0 Å². The topological polar surface area (TPSA) is 105 Å². The lowest BCUT2D eigenvalue weighted by Gasteiger charge is -2.30. The smallest absolute Gasteiger partial charge is 0.344 e. The number of anilines is 1. The number of benzene rings is 2. The van der Waals surface area contributed by atoms with Crippen molar-refractivity contribution in [3.05, 3.63) is 59.2 Å². The molecule has 1 saturated heterocycles. The quantitative estimate of drug-likeness (QED) is 0.348. The van der Waals surface area contributed by atoms with E-state index in [2.05, 4.69) is 5.32 Å². The third-order valence-electron chi connectivity index (χ3n) is 4.95. The average molecular weight is 469 g/mol. The molecule has 9 heteroatoms. The van der Waals surface area contributed by atoms with Crippen molar-refractivity contribution in [3.8, 4) is 11.5 Å². The first-order valence-electron chi connectivity index (χ1n) is 10.4. The Labute approximate surface area is 196 Å². The fraction of sp³-hybridized carbons (Fsp3) is 0.250. The van der Waals surface area contributed by atoms with E-state index in [1.165, 1.54) is 24.0 Å². The molecule has 1 fully saturated rings. The Balaban J connectivity index is 1.99. The van der Waals surface area contributed by atoms with Crippen LogP contribution in [-0.2, 0) is 20.8 Å². The Bertz CT molecular complexity index is 1140. The van der Waals surface area contributed by atoms with E-state index in [0.717, 1.165) is 5.56 Å². The summed E-state index contributed by atoms with van der Waals surface area (Å²) in [4.78, 5) is 38.4. The zero-order chi connectivity index (χ0) is 24.1. The van der Waals surface area contributed by atoms with Crippen LogP contribution >= 0.6 is 12.2 Å². The van der Waals surface area contributed by atoms with E-state index in [4.69, 9.17) is 26.8 Å². The molecule has 0 bridgehead atoms. The number of carboxylic acid groups (broad SMARTS) is 1. The lowest BCUT2D eigenvalue weighted by atomic mass is 10.0. The number of rotatable bonds is 8. The Hall–Kier alpha value is -3.72. The van der Waals surface area contributed by atoms with Gasteiger partial charge < -0.3 is 14.6 Å². The van der Waals surface area contributed by atoms with Gasteiger partial charge in [-0.2, -0.15) is 0 Å². The summed E-state index contributed by atoms with van der Waals surface area (Å²) in [6.45, 7) is 5.46. The van der Waals surface area contributed by atoms with Gasteiger partial charge in [0.15, 0.2) is 22.7 Å². The van der Waals surface area contributed by atoms with Crippen LogP contribution in [-0.4, -0.2) is 40.7 Å². The van der Waals surface area contributed by atoms with Crippen LogP contribution in [0.1, 0.15) is 31.9 Å². The molecule has 0 unspecified atom stereocenters. The molecular formula is C24H24N2O6S. The Kier molecular flexibility index (Phi) is 7.44. The van der Waals surface area contributed by atoms with Gasteiger partial charge in [-0.1, -0.05) is 31.2 Å². The zero-order valence-electron chi connectivity index (χ0n) is 18.5. The molecule has 33 heavy (non-hydrogen) atoms. The van der Waals surface area contributed by atoms with E-state index in [1.807, 2.05) is 19.1 Å². The monoisotopic (exact) mass is 468 g/mol. The molecule has 3 rings (SSSR count). The van der Waals surface area contributed by atoms with Crippen molar-refractivity contribution in [2.45, 2.75) is 33.3 Å². The first kappa shape index (κ1) is 23.9. The number of para-hydroxylation sites is 1. The summed E-state index contributed by atoms with van der Waals surface area (Å²) in [6, 6.07) is 12.1. The van der Waals surface area contributed by atoms with Crippen molar-refractivity contribution < 1.29 is 29.0 Å². The van der Waals surface area contributed by atoms with E-state index in [1.54, 1.807) is 31.2 Å². The fourth-order valence-electron chi connectivity index (χ4n) is 3.29. The van der Waals surface area contributed by atoms with E-state index in [0.29, 0.717) is 30.0 Å². The van der Waals surface area contributed by atoms with Crippen molar-refractivity contribution in [1.29, 1.82) is 0 Å². The second-order valence-corrected chi connectivity index (χ2v) is 7.56. The molecule has 1 atom stereocenters. The summed E-state index contributed by atoms with van der Waals surface area (Å²) in [7, 11) is 0. The van der Waals surface area contributed by atoms with Gasteiger partial charge in [0.2, 0.25) is 0 Å². The predicted molar refractivity (Wildman–Crippen MR) is 127 cm³/mol. The predicted octanol–water partition coefficient (Wildman–Crippen LogP) is 3.33. The Morgan fingerprint density at radius 2 is 1.91 bits per heavy atom. The number of carbonyl (C=O) groups is 3. The molecule has 0 saturated carbocycles. The van der Waals surface area contributed by atoms with E-state index in [9.17, 15) is 14.4 Å². The lowest BCUT2D eigenvalue weighted by Crippen LogP contribution is -2.54. The van der Waals surface area contributed by atoms with Crippen molar-refractivity contribution in [2.24, 2.45) is 0 Å². The summed E-state index contributed by atoms with van der Waals surface area (Å²) < 4.78 is 11.0. The molecule has 1 aliphatic rings. The third-order valence-corrected chi connectivity index (χ3v) is 5.23. The van der Waals surface area contributed by atoms with Crippen LogP contribution in [0.2, 0.25) is 0 Å². The van der Waals surface area contributed by atoms with Gasteiger partial charge in [0.05, 0.1) is 12.3 Å². The van der Waals surface area contributed by atoms with Crippen molar-refractivity contribution in [2.75, 3.05) is 11.5 Å². The van der Waals surface area contributed by atoms with Gasteiger partial charge in [0.25, 0.3) is 11.8 Å². The molecule has 172 valence electrons. The maximum Gasteiger partial charge on any atom is 0.344 e. The highest BCUT2D eigenvalue weighted by Crippen LogP contribution is 2.31. The summed E-state index contributed by atoms with van der Waals surface area (Å²) in [5, 5.41) is 11.7. The zero-order valence-corrected chi connectivity index (χ0v) is 19.3. The maximum absolute atomic E-state index is 13.3. The number of amides is 2. The number of carbonyl (C=O) groups excluding carboxylic acids is 2. The van der Waals surface area contributed by atoms with Crippen LogP contribution in [0.4, 0.5) is 5.69 Å². The summed E-state index contributed by atoms with van der Waals surface area (Å²) in [5.74, 6) is -1.72. The van der Waals surface area contributed by atoms with Crippen molar-refractivity contribution in [3.63, 3.8) is 0 Å². The highest BCUT2D eigenvalue weighted by Gasteiger charge is 2.35. The molecule has 0 spiro atoms. The number of thiocarbonyl (C=S) groups is 1. The highest BCUT2D eigenvalue weighted by molar-refractivity contribution is 7.80. The Morgan fingerprint density at radius 1 is 1.18 bits per heavy atom. The first-order valence-corrected chi connectivity index (χ1v) is 10.8. The molecule has 2 amide bonds. The average Bonchev–Trinajstić information content (AvgIpc) is 2.78. The molecule has 2 aromatic carbocycles. The molecule has 8 nitrogen and oxygen atoms in total. The van der Waals surface area contributed by atoms with E-state index < -0.39 is 23.9 Å². The molecule has 2 N–H and O–H groups in total. The van der Waals surface area contributed by atoms with Crippen LogP contribution in [0.5, 0.6) is 11.5 Å². The lowest BCUT2D eigenvalue weighted by molar-refractivity contribution is -0.144. The minimum absolute atomic E-state index is 0.0180. The first-order chi connectivity index (χ1) is 15.8. The second kappa shape index (κ2) is 10.3. The minimum atomic E-state index is -1.11. The van der Waals surface area contributed by atoms with Gasteiger partial charge in [0, 0.05) is 0 Å². The van der Waals surface area contributed by atoms with Gasteiger partial charge >= 0.3 is 5.97 Å². The number of carboxylic acids is 1. The summed E-state index contributed by atoms with van der Waals surface area (Å²) >= 11 is 5.28. The van der Waals surface area contributed by atoms with Gasteiger partial charge in [-0.25, -0.2) is 4.79 Å². The second-order valence-electron chi connectivity index (χ2n) is 7.18. The highest BCUT2D eigenvalue weighted by atomic mass is 32.1. The van der Waals surface area contributed by atoms with Crippen LogP contribution in [0.3, 0.4) is 0 Å². The molecular weight excluding hydrogens is 444 g/mol. The molecule has 1 heterocycles. The van der Waals surface area contributed by atoms with E-state index in [-0.39, 0.29) is 16.4 Å². The molecule has 0 aliphatic carbocycles. The SMILES string of the molecule is CCOc1cc(/C=C2\C(=O)NC(=S)N(c3ccccc3CC)C2=O)ccc1O[C@@H](C)C(=O)O. The Morgan fingerprint density at radius 3 is 2.58 bits per heavy atom. The molecule has 2 aromatic rings. The number of hydrogen-bond donors (Lipinski definition) is 2. The molecule has 0 aromatic heterocycles. The largest absolute Gasteiger partial charge is 0.490 e. The van der Waals surface area contributed by atoms with Crippen LogP contribution < -0.4 is 19.7 Å².